The molecule has 0 amide bonds. The molecule has 180 valence electrons. The third kappa shape index (κ3) is 4.31. The standard InChI is InChI=1S/C24H28N10O/c1-14-6-15(9-25)28-10-19(14)35-22-8-18(23-24(31-22)33(3)13-29-23)30-20(26)4-5-21(27)34-12-16-7-17(34)11-32(16)2/h4-6,8,10,13,16-17H,7,11-12,26-27H2,1-3H3,(H,30,31)/b20-4+,21-5+/t16-,17-/m1/s1. The summed E-state index contributed by atoms with van der Waals surface area (Å²) in [6.45, 7) is 3.82. The average molecular weight is 473 g/mol. The van der Waals surface area contributed by atoms with Crippen molar-refractivity contribution in [3.05, 3.63) is 59.7 Å². The van der Waals surface area contributed by atoms with E-state index in [9.17, 15) is 0 Å². The van der Waals surface area contributed by atoms with Crippen molar-refractivity contribution in [3.8, 4) is 17.7 Å². The Morgan fingerprint density at radius 3 is 2.71 bits per heavy atom. The zero-order chi connectivity index (χ0) is 24.7. The van der Waals surface area contributed by atoms with E-state index in [2.05, 4.69) is 37.1 Å². The number of imidazole rings is 1. The van der Waals surface area contributed by atoms with E-state index in [-0.39, 0.29) is 0 Å². The zero-order valence-corrected chi connectivity index (χ0v) is 19.9. The molecule has 2 aliphatic rings. The highest BCUT2D eigenvalue weighted by Crippen LogP contribution is 2.32. The molecule has 0 radical (unpaired) electrons. The van der Waals surface area contributed by atoms with Gasteiger partial charge < -0.3 is 31.0 Å². The smallest absolute Gasteiger partial charge is 0.223 e. The van der Waals surface area contributed by atoms with Crippen molar-refractivity contribution >= 4 is 16.9 Å². The number of nitrogens with two attached hydrogens (primary N) is 2. The van der Waals surface area contributed by atoms with E-state index in [1.807, 2.05) is 26.1 Å². The lowest BCUT2D eigenvalue weighted by Gasteiger charge is -2.33. The number of pyridine rings is 2. The summed E-state index contributed by atoms with van der Waals surface area (Å²) in [6, 6.07) is 6.44. The van der Waals surface area contributed by atoms with E-state index in [0.29, 0.717) is 57.9 Å². The first-order chi connectivity index (χ1) is 16.8. The molecule has 11 heteroatoms. The molecule has 3 aromatic rings. The number of hydrogen-bond donors (Lipinski definition) is 3. The minimum Gasteiger partial charge on any atom is -0.437 e. The Bertz CT molecular complexity index is 1380. The van der Waals surface area contributed by atoms with Crippen LogP contribution < -0.4 is 21.5 Å². The van der Waals surface area contributed by atoms with E-state index < -0.39 is 0 Å². The van der Waals surface area contributed by atoms with Crippen molar-refractivity contribution in [2.75, 3.05) is 25.5 Å². The fraction of sp³-hybridized carbons (Fsp3) is 0.333. The molecule has 0 aromatic carbocycles. The molecule has 5 N–H and O–H groups in total. The molecule has 2 saturated heterocycles. The molecule has 2 bridgehead atoms. The molecular weight excluding hydrogens is 444 g/mol. The highest BCUT2D eigenvalue weighted by molar-refractivity contribution is 5.87. The van der Waals surface area contributed by atoms with Crippen LogP contribution in [0.4, 0.5) is 5.69 Å². The lowest BCUT2D eigenvalue weighted by Crippen LogP contribution is -2.45. The number of fused-ring (bicyclic) bond motifs is 3. The van der Waals surface area contributed by atoms with E-state index in [1.54, 1.807) is 29.1 Å². The number of allylic oxidation sites excluding steroid dienone is 2. The number of likely N-dealkylation sites (N-methyl/N-ethyl adjacent to an activating group) is 1. The second-order valence-electron chi connectivity index (χ2n) is 9.06. The third-order valence-electron chi connectivity index (χ3n) is 6.60. The number of aromatic nitrogens is 4. The van der Waals surface area contributed by atoms with Crippen LogP contribution in [0, 0.1) is 18.3 Å². The fourth-order valence-electron chi connectivity index (χ4n) is 4.70. The van der Waals surface area contributed by atoms with Gasteiger partial charge in [-0.2, -0.15) is 10.2 Å². The molecule has 3 aromatic heterocycles. The molecule has 2 fully saturated rings. The highest BCUT2D eigenvalue weighted by Gasteiger charge is 2.41. The first kappa shape index (κ1) is 22.5. The maximum absolute atomic E-state index is 9.05. The van der Waals surface area contributed by atoms with Gasteiger partial charge in [-0.25, -0.2) is 9.97 Å². The van der Waals surface area contributed by atoms with Crippen LogP contribution >= 0.6 is 0 Å². The van der Waals surface area contributed by atoms with Crippen LogP contribution in [0.3, 0.4) is 0 Å². The van der Waals surface area contributed by atoms with Crippen molar-refractivity contribution in [3.63, 3.8) is 0 Å². The summed E-state index contributed by atoms with van der Waals surface area (Å²) >= 11 is 0. The molecule has 0 aliphatic carbocycles. The first-order valence-corrected chi connectivity index (χ1v) is 11.4. The molecule has 2 atom stereocenters. The zero-order valence-electron chi connectivity index (χ0n) is 19.9. The molecule has 0 saturated carbocycles. The summed E-state index contributed by atoms with van der Waals surface area (Å²) in [5.74, 6) is 1.97. The van der Waals surface area contributed by atoms with Crippen molar-refractivity contribution in [2.45, 2.75) is 25.4 Å². The topological polar surface area (TPSA) is 147 Å². The monoisotopic (exact) mass is 472 g/mol. The summed E-state index contributed by atoms with van der Waals surface area (Å²) in [7, 11) is 4.02. The number of nitrogens with zero attached hydrogens (tertiary/aromatic N) is 7. The largest absolute Gasteiger partial charge is 0.437 e. The predicted octanol–water partition coefficient (Wildman–Crippen LogP) is 1.74. The number of rotatable bonds is 6. The van der Waals surface area contributed by atoms with Crippen molar-refractivity contribution < 1.29 is 4.74 Å². The minimum absolute atomic E-state index is 0.325. The van der Waals surface area contributed by atoms with Gasteiger partial charge in [-0.15, -0.1) is 0 Å². The molecule has 0 spiro atoms. The highest BCUT2D eigenvalue weighted by atomic mass is 16.5. The first-order valence-electron chi connectivity index (χ1n) is 11.4. The summed E-state index contributed by atoms with van der Waals surface area (Å²) in [5, 5.41) is 12.3. The van der Waals surface area contributed by atoms with Crippen LogP contribution in [0.25, 0.3) is 11.2 Å². The Kier molecular flexibility index (Phi) is 5.66. The molecule has 35 heavy (non-hydrogen) atoms. The molecule has 0 unspecified atom stereocenters. The van der Waals surface area contributed by atoms with Gasteiger partial charge in [0.1, 0.15) is 23.1 Å². The van der Waals surface area contributed by atoms with E-state index in [0.717, 1.165) is 25.1 Å². The summed E-state index contributed by atoms with van der Waals surface area (Å²) in [6.07, 6.45) is 7.94. The Labute approximate surface area is 203 Å². The maximum Gasteiger partial charge on any atom is 0.223 e. The van der Waals surface area contributed by atoms with Gasteiger partial charge in [0.2, 0.25) is 5.88 Å². The lowest BCUT2D eigenvalue weighted by molar-refractivity contribution is 0.180. The molecule has 5 rings (SSSR count). The number of nitriles is 1. The van der Waals surface area contributed by atoms with Gasteiger partial charge >= 0.3 is 0 Å². The molecule has 11 nitrogen and oxygen atoms in total. The second-order valence-corrected chi connectivity index (χ2v) is 9.06. The fourth-order valence-corrected chi connectivity index (χ4v) is 4.70. The number of nitrogens with one attached hydrogen (secondary N) is 1. The molecular formula is C24H28N10O. The second kappa shape index (κ2) is 8.81. The Balaban J connectivity index is 1.38. The SMILES string of the molecule is Cc1cc(C#N)ncc1Oc1cc(N/C(N)=C/C=C(\N)N2C[C@H]3C[C@@H]2CN3C)c2ncn(C)c2n1. The summed E-state index contributed by atoms with van der Waals surface area (Å²) < 4.78 is 7.80. The number of aryl methyl sites for hydroxylation is 2. The minimum atomic E-state index is 0.325. The number of ether oxygens (including phenoxy) is 1. The maximum atomic E-state index is 9.05. The predicted molar refractivity (Wildman–Crippen MR) is 132 cm³/mol. The Morgan fingerprint density at radius 2 is 2.03 bits per heavy atom. The van der Waals surface area contributed by atoms with Crippen LogP contribution in [0.15, 0.2) is 48.5 Å². The number of hydrogen-bond acceptors (Lipinski definition) is 10. The van der Waals surface area contributed by atoms with Gasteiger partial charge in [-0.3, -0.25) is 4.90 Å². The van der Waals surface area contributed by atoms with Gasteiger partial charge in [0.25, 0.3) is 0 Å². The van der Waals surface area contributed by atoms with Crippen molar-refractivity contribution in [1.29, 1.82) is 5.26 Å². The van der Waals surface area contributed by atoms with Crippen molar-refractivity contribution in [1.82, 2.24) is 29.3 Å². The van der Waals surface area contributed by atoms with E-state index in [1.165, 1.54) is 6.20 Å². The summed E-state index contributed by atoms with van der Waals surface area (Å²) in [4.78, 5) is 17.7. The lowest BCUT2D eigenvalue weighted by atomic mass is 10.2. The number of anilines is 1. The quantitative estimate of drug-likeness (QED) is 0.453. The number of likely N-dealkylation sites (tertiary alicyclic amines) is 2. The van der Waals surface area contributed by atoms with Gasteiger partial charge in [-0.05, 0) is 44.2 Å². The van der Waals surface area contributed by atoms with Crippen LogP contribution in [0.1, 0.15) is 17.7 Å². The van der Waals surface area contributed by atoms with Crippen molar-refractivity contribution in [2.24, 2.45) is 18.5 Å². The Hall–Kier alpha value is -4.30. The normalized spacial score (nSPS) is 20.5. The molecule has 5 heterocycles. The molecule has 2 aliphatic heterocycles. The summed E-state index contributed by atoms with van der Waals surface area (Å²) in [5.41, 5.74) is 15.7. The van der Waals surface area contributed by atoms with Crippen LogP contribution in [-0.4, -0.2) is 61.5 Å². The van der Waals surface area contributed by atoms with E-state index >= 15 is 0 Å². The van der Waals surface area contributed by atoms with Gasteiger partial charge in [-0.1, -0.05) is 0 Å². The third-order valence-corrected chi connectivity index (χ3v) is 6.60. The van der Waals surface area contributed by atoms with Crippen LogP contribution in [-0.2, 0) is 7.05 Å². The number of piperazine rings is 1. The average Bonchev–Trinajstić information content (AvgIpc) is 3.53. The van der Waals surface area contributed by atoms with Crippen LogP contribution in [0.5, 0.6) is 11.6 Å². The Morgan fingerprint density at radius 1 is 1.20 bits per heavy atom. The van der Waals surface area contributed by atoms with Gasteiger partial charge in [0.05, 0.1) is 24.0 Å². The van der Waals surface area contributed by atoms with Crippen LogP contribution in [0.2, 0.25) is 0 Å². The van der Waals surface area contributed by atoms with E-state index in [4.69, 9.17) is 21.5 Å². The van der Waals surface area contributed by atoms with Gasteiger partial charge in [0.15, 0.2) is 11.4 Å². The van der Waals surface area contributed by atoms with Gasteiger partial charge in [0, 0.05) is 38.3 Å².